The molecular formula is C22H29N3O3S2. The molecule has 1 aliphatic rings. The average molecular weight is 448 g/mol. The predicted octanol–water partition coefficient (Wildman–Crippen LogP) is 2.99. The molecule has 0 saturated heterocycles. The molecule has 0 spiro atoms. The van der Waals surface area contributed by atoms with E-state index in [0.717, 1.165) is 28.6 Å². The smallest absolute Gasteiger partial charge is 0.243 e. The van der Waals surface area contributed by atoms with Crippen LogP contribution in [0.5, 0.6) is 0 Å². The molecule has 0 fully saturated rings. The van der Waals surface area contributed by atoms with Crippen molar-refractivity contribution in [3.8, 4) is 0 Å². The number of para-hydroxylation sites is 1. The second-order valence-electron chi connectivity index (χ2n) is 7.52. The van der Waals surface area contributed by atoms with Crippen LogP contribution >= 0.6 is 11.8 Å². The molecule has 1 N–H and O–H groups in total. The van der Waals surface area contributed by atoms with Gasteiger partial charge in [-0.3, -0.25) is 4.79 Å². The van der Waals surface area contributed by atoms with E-state index in [1.165, 1.54) is 18.3 Å². The van der Waals surface area contributed by atoms with Gasteiger partial charge in [-0.25, -0.2) is 8.42 Å². The van der Waals surface area contributed by atoms with Crippen LogP contribution in [0.3, 0.4) is 0 Å². The number of benzene rings is 2. The van der Waals surface area contributed by atoms with Gasteiger partial charge in [-0.05, 0) is 61.9 Å². The monoisotopic (exact) mass is 447 g/mol. The maximum Gasteiger partial charge on any atom is 0.243 e. The topological polar surface area (TPSA) is 69.7 Å². The van der Waals surface area contributed by atoms with Crippen LogP contribution in [0.4, 0.5) is 5.69 Å². The summed E-state index contributed by atoms with van der Waals surface area (Å²) >= 11 is 1.55. The van der Waals surface area contributed by atoms with E-state index in [4.69, 9.17) is 0 Å². The van der Waals surface area contributed by atoms with E-state index in [0.29, 0.717) is 12.6 Å². The third kappa shape index (κ3) is 5.17. The average Bonchev–Trinajstić information content (AvgIpc) is 3.06. The maximum absolute atomic E-state index is 12.7. The van der Waals surface area contributed by atoms with Gasteiger partial charge in [-0.15, -0.1) is 11.8 Å². The Morgan fingerprint density at radius 2 is 1.90 bits per heavy atom. The number of sulfonamides is 1. The fourth-order valence-electron chi connectivity index (χ4n) is 3.72. The normalized spacial score (nSPS) is 16.0. The minimum atomic E-state index is -3.69. The molecule has 0 aromatic heterocycles. The van der Waals surface area contributed by atoms with Crippen LogP contribution in [0.25, 0.3) is 0 Å². The quantitative estimate of drug-likeness (QED) is 0.473. The molecule has 2 aromatic rings. The van der Waals surface area contributed by atoms with E-state index in [1.54, 1.807) is 36.0 Å². The highest BCUT2D eigenvalue weighted by Gasteiger charge is 2.25. The van der Waals surface area contributed by atoms with Crippen LogP contribution in [0, 0.1) is 0 Å². The number of hydrogen-bond donors (Lipinski definition) is 1. The SMILES string of the molecule is CSc1ccc(S(=O)(=O)N(C)CC(=O)NCCCN2c3ccccc3C[C@@H]2C)cc1. The number of nitrogens with one attached hydrogen (secondary N) is 1. The van der Waals surface area contributed by atoms with Gasteiger partial charge >= 0.3 is 0 Å². The first-order chi connectivity index (χ1) is 14.3. The van der Waals surface area contributed by atoms with Gasteiger partial charge in [-0.2, -0.15) is 4.31 Å². The zero-order valence-electron chi connectivity index (χ0n) is 17.7. The van der Waals surface area contributed by atoms with Gasteiger partial charge in [0.15, 0.2) is 0 Å². The van der Waals surface area contributed by atoms with Gasteiger partial charge in [0.25, 0.3) is 0 Å². The van der Waals surface area contributed by atoms with Crippen LogP contribution in [-0.4, -0.2) is 57.6 Å². The van der Waals surface area contributed by atoms with Crippen molar-refractivity contribution < 1.29 is 13.2 Å². The summed E-state index contributed by atoms with van der Waals surface area (Å²) in [6.45, 7) is 3.38. The molecule has 162 valence electrons. The second kappa shape index (κ2) is 9.85. The molecular weight excluding hydrogens is 418 g/mol. The largest absolute Gasteiger partial charge is 0.368 e. The Bertz CT molecular complexity index is 977. The third-order valence-electron chi connectivity index (χ3n) is 5.38. The molecule has 0 unspecified atom stereocenters. The molecule has 30 heavy (non-hydrogen) atoms. The third-order valence-corrected chi connectivity index (χ3v) is 7.94. The molecule has 2 aromatic carbocycles. The lowest BCUT2D eigenvalue weighted by molar-refractivity contribution is -0.121. The molecule has 1 atom stereocenters. The number of thioether (sulfide) groups is 1. The zero-order valence-corrected chi connectivity index (χ0v) is 19.3. The van der Waals surface area contributed by atoms with Crippen molar-refractivity contribution in [2.24, 2.45) is 0 Å². The summed E-state index contributed by atoms with van der Waals surface area (Å²) in [6.07, 6.45) is 3.78. The fraction of sp³-hybridized carbons (Fsp3) is 0.409. The number of nitrogens with zero attached hydrogens (tertiary/aromatic N) is 2. The van der Waals surface area contributed by atoms with Crippen LogP contribution in [0.1, 0.15) is 18.9 Å². The highest BCUT2D eigenvalue weighted by atomic mass is 32.2. The van der Waals surface area contributed by atoms with Crippen molar-refractivity contribution in [3.63, 3.8) is 0 Å². The van der Waals surface area contributed by atoms with Crippen LogP contribution in [0.15, 0.2) is 58.3 Å². The van der Waals surface area contributed by atoms with E-state index in [9.17, 15) is 13.2 Å². The first-order valence-electron chi connectivity index (χ1n) is 10.0. The molecule has 1 aliphatic heterocycles. The molecule has 0 bridgehead atoms. The molecule has 0 radical (unpaired) electrons. The van der Waals surface area contributed by atoms with Crippen molar-refractivity contribution in [2.45, 2.75) is 35.6 Å². The number of likely N-dealkylation sites (N-methyl/N-ethyl adjacent to an activating group) is 1. The summed E-state index contributed by atoms with van der Waals surface area (Å²) < 4.78 is 26.4. The summed E-state index contributed by atoms with van der Waals surface area (Å²) in [5.74, 6) is -0.295. The lowest BCUT2D eigenvalue weighted by Crippen LogP contribution is -2.39. The summed E-state index contributed by atoms with van der Waals surface area (Å²) in [6, 6.07) is 15.6. The van der Waals surface area contributed by atoms with Crippen molar-refractivity contribution in [3.05, 3.63) is 54.1 Å². The van der Waals surface area contributed by atoms with Gasteiger partial charge in [0, 0.05) is 36.8 Å². The molecule has 1 heterocycles. The van der Waals surface area contributed by atoms with Crippen molar-refractivity contribution >= 4 is 33.4 Å². The Hall–Kier alpha value is -2.03. The minimum Gasteiger partial charge on any atom is -0.368 e. The van der Waals surface area contributed by atoms with E-state index >= 15 is 0 Å². The number of carbonyl (C=O) groups excluding carboxylic acids is 1. The number of amides is 1. The van der Waals surface area contributed by atoms with Crippen molar-refractivity contribution in [1.82, 2.24) is 9.62 Å². The lowest BCUT2D eigenvalue weighted by atomic mass is 10.1. The number of hydrogen-bond acceptors (Lipinski definition) is 5. The predicted molar refractivity (Wildman–Crippen MR) is 123 cm³/mol. The Labute approximate surface area is 183 Å². The second-order valence-corrected chi connectivity index (χ2v) is 10.4. The Morgan fingerprint density at radius 3 is 2.60 bits per heavy atom. The van der Waals surface area contributed by atoms with Crippen molar-refractivity contribution in [1.29, 1.82) is 0 Å². The first kappa shape index (κ1) is 22.7. The van der Waals surface area contributed by atoms with Crippen LogP contribution in [0.2, 0.25) is 0 Å². The molecule has 0 aliphatic carbocycles. The molecule has 0 saturated carbocycles. The van der Waals surface area contributed by atoms with E-state index in [-0.39, 0.29) is 17.3 Å². The summed E-state index contributed by atoms with van der Waals surface area (Å²) in [4.78, 5) is 15.8. The summed E-state index contributed by atoms with van der Waals surface area (Å²) in [5, 5.41) is 2.84. The van der Waals surface area contributed by atoms with Gasteiger partial charge in [-0.1, -0.05) is 18.2 Å². The number of anilines is 1. The Kier molecular flexibility index (Phi) is 7.44. The number of rotatable bonds is 9. The lowest BCUT2D eigenvalue weighted by Gasteiger charge is -2.25. The Balaban J connectivity index is 1.46. The van der Waals surface area contributed by atoms with E-state index < -0.39 is 10.0 Å². The van der Waals surface area contributed by atoms with Gasteiger partial charge in [0.2, 0.25) is 15.9 Å². The van der Waals surface area contributed by atoms with Crippen LogP contribution < -0.4 is 10.2 Å². The molecule has 3 rings (SSSR count). The Morgan fingerprint density at radius 1 is 1.20 bits per heavy atom. The highest BCUT2D eigenvalue weighted by molar-refractivity contribution is 7.98. The zero-order chi connectivity index (χ0) is 21.7. The van der Waals surface area contributed by atoms with E-state index in [2.05, 4.69) is 41.4 Å². The number of fused-ring (bicyclic) bond motifs is 1. The summed E-state index contributed by atoms with van der Waals surface area (Å²) in [7, 11) is -2.26. The maximum atomic E-state index is 12.7. The molecule has 1 amide bonds. The van der Waals surface area contributed by atoms with Crippen molar-refractivity contribution in [2.75, 3.05) is 37.8 Å². The summed E-state index contributed by atoms with van der Waals surface area (Å²) in [5.41, 5.74) is 2.64. The number of carbonyl (C=O) groups is 1. The minimum absolute atomic E-state index is 0.192. The highest BCUT2D eigenvalue weighted by Crippen LogP contribution is 2.31. The molecule has 8 heteroatoms. The fourth-order valence-corrected chi connectivity index (χ4v) is 5.25. The standard InChI is InChI=1S/C22H29N3O3S2/c1-17-15-18-7-4-5-8-21(18)25(17)14-6-13-23-22(26)16-24(2)30(27,28)20-11-9-19(29-3)10-12-20/h4-5,7-12,17H,6,13-16H2,1-3H3,(H,23,26)/t17-/m0/s1. The molecule has 6 nitrogen and oxygen atoms in total. The van der Waals surface area contributed by atoms with Crippen LogP contribution in [-0.2, 0) is 21.2 Å². The van der Waals surface area contributed by atoms with Gasteiger partial charge < -0.3 is 10.2 Å². The van der Waals surface area contributed by atoms with Gasteiger partial charge in [0.1, 0.15) is 0 Å². The first-order valence-corrected chi connectivity index (χ1v) is 12.7. The van der Waals surface area contributed by atoms with E-state index in [1.807, 2.05) is 6.26 Å². The van der Waals surface area contributed by atoms with Gasteiger partial charge in [0.05, 0.1) is 11.4 Å².